The summed E-state index contributed by atoms with van der Waals surface area (Å²) in [6, 6.07) is 6.76. The van der Waals surface area contributed by atoms with Gasteiger partial charge in [-0.3, -0.25) is 4.79 Å². The van der Waals surface area contributed by atoms with Crippen LogP contribution in [0.1, 0.15) is 48.7 Å². The fraction of sp³-hybridized carbons (Fsp3) is 0.381. The molecule has 1 fully saturated rings. The summed E-state index contributed by atoms with van der Waals surface area (Å²) in [5, 5.41) is 5.96. The van der Waals surface area contributed by atoms with Crippen molar-refractivity contribution >= 4 is 38.4 Å². The van der Waals surface area contributed by atoms with Gasteiger partial charge in [0.25, 0.3) is 5.91 Å². The molecule has 0 aliphatic heterocycles. The van der Waals surface area contributed by atoms with Gasteiger partial charge in [0.1, 0.15) is 5.02 Å². The van der Waals surface area contributed by atoms with Crippen LogP contribution in [0.2, 0.25) is 5.02 Å². The molecule has 1 aliphatic carbocycles. The van der Waals surface area contributed by atoms with Gasteiger partial charge in [-0.05, 0) is 43.0 Å². The van der Waals surface area contributed by atoms with Gasteiger partial charge in [-0.1, -0.05) is 25.4 Å². The first-order valence-electron chi connectivity index (χ1n) is 9.96. The van der Waals surface area contributed by atoms with Crippen molar-refractivity contribution in [2.45, 2.75) is 32.6 Å². The van der Waals surface area contributed by atoms with Crippen molar-refractivity contribution in [3.05, 3.63) is 46.7 Å². The van der Waals surface area contributed by atoms with Gasteiger partial charge in [0.05, 0.1) is 36.0 Å². The van der Waals surface area contributed by atoms with Gasteiger partial charge in [-0.25, -0.2) is 22.8 Å². The molecule has 31 heavy (non-hydrogen) atoms. The third-order valence-electron chi connectivity index (χ3n) is 4.80. The van der Waals surface area contributed by atoms with E-state index in [1.54, 1.807) is 35.1 Å². The van der Waals surface area contributed by atoms with E-state index >= 15 is 0 Å². The van der Waals surface area contributed by atoms with Crippen LogP contribution in [0.4, 0.5) is 0 Å². The van der Waals surface area contributed by atoms with Gasteiger partial charge in [-0.15, -0.1) is 0 Å². The van der Waals surface area contributed by atoms with E-state index in [1.165, 1.54) is 0 Å². The topological polar surface area (TPSA) is 103 Å². The second-order valence-electron chi connectivity index (χ2n) is 8.19. The lowest BCUT2D eigenvalue weighted by Crippen LogP contribution is -2.29. The molecule has 2 aromatic heterocycles. The zero-order valence-corrected chi connectivity index (χ0v) is 19.0. The van der Waals surface area contributed by atoms with Gasteiger partial charge in [0.15, 0.2) is 0 Å². The van der Waals surface area contributed by atoms with Crippen molar-refractivity contribution in [1.82, 2.24) is 19.5 Å². The lowest BCUT2D eigenvalue weighted by Gasteiger charge is -2.10. The number of sulfonamides is 1. The van der Waals surface area contributed by atoms with Crippen molar-refractivity contribution in [3.63, 3.8) is 0 Å². The first-order chi connectivity index (χ1) is 14.6. The number of hydrogen-bond acceptors (Lipinski definition) is 6. The van der Waals surface area contributed by atoms with E-state index < -0.39 is 15.9 Å². The number of nitrogens with zero attached hydrogens (tertiary/aromatic N) is 3. The van der Waals surface area contributed by atoms with E-state index in [0.717, 1.165) is 35.7 Å². The zero-order valence-electron chi connectivity index (χ0n) is 17.4. The highest BCUT2D eigenvalue weighted by Gasteiger charge is 2.30. The Morgan fingerprint density at radius 3 is 2.68 bits per heavy atom. The summed E-state index contributed by atoms with van der Waals surface area (Å²) in [4.78, 5) is 16.7. The Morgan fingerprint density at radius 2 is 2.06 bits per heavy atom. The second-order valence-corrected chi connectivity index (χ2v) is 10.3. The molecular formula is C21H23ClN4O4S. The normalized spacial score (nSPS) is 14.2. The molecule has 164 valence electrons. The molecule has 1 saturated carbocycles. The fourth-order valence-corrected chi connectivity index (χ4v) is 3.92. The average molecular weight is 463 g/mol. The molecule has 1 amide bonds. The van der Waals surface area contributed by atoms with Gasteiger partial charge in [0.2, 0.25) is 15.9 Å². The van der Waals surface area contributed by atoms with Crippen molar-refractivity contribution < 1.29 is 17.9 Å². The molecule has 4 rings (SSSR count). The number of hydrogen-bond donors (Lipinski definition) is 1. The number of carbonyl (C=O) groups excluding carboxylic acids is 1. The number of ether oxygens (including phenoxy) is 1. The quantitative estimate of drug-likeness (QED) is 0.574. The molecule has 1 N–H and O–H groups in total. The Morgan fingerprint density at radius 1 is 1.32 bits per heavy atom. The Hall–Kier alpha value is -2.65. The fourth-order valence-electron chi connectivity index (χ4n) is 3.25. The van der Waals surface area contributed by atoms with Crippen LogP contribution < -0.4 is 9.46 Å². The minimum atomic E-state index is -3.65. The second kappa shape index (κ2) is 8.12. The molecule has 3 aromatic rings. The first-order valence-corrected chi connectivity index (χ1v) is 12.2. The summed E-state index contributed by atoms with van der Waals surface area (Å²) in [5.74, 6) is 0.366. The minimum absolute atomic E-state index is 0.257. The van der Waals surface area contributed by atoms with E-state index in [4.69, 9.17) is 21.4 Å². The Labute approximate surface area is 185 Å². The van der Waals surface area contributed by atoms with Gasteiger partial charge in [0, 0.05) is 16.9 Å². The highest BCUT2D eigenvalue weighted by atomic mass is 35.5. The average Bonchev–Trinajstić information content (AvgIpc) is 3.45. The van der Waals surface area contributed by atoms with Crippen molar-refractivity contribution in [2.24, 2.45) is 5.92 Å². The molecule has 0 atom stereocenters. The van der Waals surface area contributed by atoms with Crippen LogP contribution in [0.5, 0.6) is 5.88 Å². The SMILES string of the molecule is CC(C)COc1ncc(-n2nc(C3CC3)c3cc(C(=O)NS(C)(=O)=O)ccc32)cc1Cl. The molecule has 10 heteroatoms. The Bertz CT molecular complexity index is 1270. The summed E-state index contributed by atoms with van der Waals surface area (Å²) in [6.07, 6.45) is 4.64. The lowest BCUT2D eigenvalue weighted by molar-refractivity contribution is 0.0982. The molecule has 0 spiro atoms. The van der Waals surface area contributed by atoms with E-state index in [2.05, 4.69) is 4.98 Å². The molecule has 1 aromatic carbocycles. The van der Waals surface area contributed by atoms with E-state index in [-0.39, 0.29) is 5.56 Å². The summed E-state index contributed by atoms with van der Waals surface area (Å²) in [7, 11) is -3.65. The van der Waals surface area contributed by atoms with Crippen molar-refractivity contribution in [2.75, 3.05) is 12.9 Å². The predicted octanol–water partition coefficient (Wildman–Crippen LogP) is 3.68. The van der Waals surface area contributed by atoms with Crippen LogP contribution in [-0.2, 0) is 10.0 Å². The molecule has 0 bridgehead atoms. The van der Waals surface area contributed by atoms with Crippen LogP contribution >= 0.6 is 11.6 Å². The summed E-state index contributed by atoms with van der Waals surface area (Å²) in [6.45, 7) is 4.60. The maximum Gasteiger partial charge on any atom is 0.264 e. The summed E-state index contributed by atoms with van der Waals surface area (Å²) < 4.78 is 32.2. The monoisotopic (exact) mass is 462 g/mol. The van der Waals surface area contributed by atoms with Crippen LogP contribution in [0.15, 0.2) is 30.5 Å². The molecule has 0 radical (unpaired) electrons. The van der Waals surface area contributed by atoms with Crippen molar-refractivity contribution in [1.29, 1.82) is 0 Å². The smallest absolute Gasteiger partial charge is 0.264 e. The number of rotatable bonds is 7. The number of halogens is 1. The number of fused-ring (bicyclic) bond motifs is 1. The van der Waals surface area contributed by atoms with E-state index in [9.17, 15) is 13.2 Å². The van der Waals surface area contributed by atoms with Gasteiger partial charge < -0.3 is 4.74 Å². The Balaban J connectivity index is 1.74. The summed E-state index contributed by atoms with van der Waals surface area (Å²) >= 11 is 6.39. The van der Waals surface area contributed by atoms with Crippen LogP contribution in [-0.4, -0.2) is 42.0 Å². The summed E-state index contributed by atoms with van der Waals surface area (Å²) in [5.41, 5.74) is 2.59. The van der Waals surface area contributed by atoms with E-state index in [0.29, 0.717) is 35.0 Å². The van der Waals surface area contributed by atoms with Crippen LogP contribution in [0, 0.1) is 5.92 Å². The predicted molar refractivity (Wildman–Crippen MR) is 118 cm³/mol. The molecule has 0 unspecified atom stereocenters. The number of carbonyl (C=O) groups is 1. The number of aromatic nitrogens is 3. The highest BCUT2D eigenvalue weighted by Crippen LogP contribution is 2.43. The third-order valence-corrected chi connectivity index (χ3v) is 5.63. The molecular weight excluding hydrogens is 440 g/mol. The minimum Gasteiger partial charge on any atom is -0.476 e. The van der Waals surface area contributed by atoms with Gasteiger partial charge >= 0.3 is 0 Å². The maximum absolute atomic E-state index is 12.3. The zero-order chi connectivity index (χ0) is 22.3. The lowest BCUT2D eigenvalue weighted by atomic mass is 10.1. The maximum atomic E-state index is 12.3. The number of benzene rings is 1. The highest BCUT2D eigenvalue weighted by molar-refractivity contribution is 7.89. The number of pyridine rings is 1. The van der Waals surface area contributed by atoms with Crippen molar-refractivity contribution in [3.8, 4) is 11.6 Å². The molecule has 1 aliphatic rings. The van der Waals surface area contributed by atoms with Crippen LogP contribution in [0.3, 0.4) is 0 Å². The third kappa shape index (κ3) is 4.83. The largest absolute Gasteiger partial charge is 0.476 e. The molecule has 0 saturated heterocycles. The van der Waals surface area contributed by atoms with E-state index in [1.807, 2.05) is 18.6 Å². The number of amides is 1. The number of nitrogens with one attached hydrogen (secondary N) is 1. The molecule has 2 heterocycles. The first kappa shape index (κ1) is 21.6. The van der Waals surface area contributed by atoms with Crippen LogP contribution in [0.25, 0.3) is 16.6 Å². The van der Waals surface area contributed by atoms with Gasteiger partial charge in [-0.2, -0.15) is 5.10 Å². The standard InChI is InChI=1S/C21H23ClN4O4S/c1-12(2)11-30-21-17(22)9-15(10-23-21)26-18-7-6-14(20(27)25-31(3,28)29)8-16(18)19(24-26)13-4-5-13/h6-10,12-13H,4-5,11H2,1-3H3,(H,25,27). The Kier molecular flexibility index (Phi) is 5.65. The molecule has 8 nitrogen and oxygen atoms in total.